The predicted molar refractivity (Wildman–Crippen MR) is 87.9 cm³/mol. The fourth-order valence-electron chi connectivity index (χ4n) is 2.29. The summed E-state index contributed by atoms with van der Waals surface area (Å²) in [6.07, 6.45) is 2.04. The Morgan fingerprint density at radius 3 is 2.71 bits per heavy atom. The topological polar surface area (TPSA) is 57.7 Å². The van der Waals surface area contributed by atoms with Crippen molar-refractivity contribution in [1.82, 2.24) is 9.21 Å². The first-order chi connectivity index (χ1) is 9.91. The Kier molecular flexibility index (Phi) is 4.39. The van der Waals surface area contributed by atoms with E-state index in [1.54, 1.807) is 24.1 Å². The molecule has 21 heavy (non-hydrogen) atoms. The molecule has 1 aliphatic carbocycles. The van der Waals surface area contributed by atoms with Crippen LogP contribution in [-0.4, -0.2) is 54.3 Å². The van der Waals surface area contributed by atoms with E-state index in [4.69, 9.17) is 0 Å². The van der Waals surface area contributed by atoms with Crippen LogP contribution in [0.5, 0.6) is 0 Å². The van der Waals surface area contributed by atoms with Crippen LogP contribution < -0.4 is 0 Å². The second kappa shape index (κ2) is 5.84. The average molecular weight is 411 g/mol. The highest BCUT2D eigenvalue weighted by atomic mass is 79.9. The normalized spacial score (nSPS) is 23.4. The van der Waals surface area contributed by atoms with Crippen LogP contribution in [0.1, 0.15) is 12.8 Å². The first-order valence-electron chi connectivity index (χ1n) is 6.53. The summed E-state index contributed by atoms with van der Waals surface area (Å²) in [7, 11) is -1.82. The molecular formula is C12H15BrN2O3S3. The predicted octanol–water partition coefficient (Wildman–Crippen LogP) is 2.20. The molecular weight excluding hydrogens is 396 g/mol. The lowest BCUT2D eigenvalue weighted by atomic mass is 10.3. The van der Waals surface area contributed by atoms with Gasteiger partial charge in [-0.05, 0) is 40.9 Å². The second-order valence-electron chi connectivity index (χ2n) is 5.15. The van der Waals surface area contributed by atoms with Crippen LogP contribution in [0.2, 0.25) is 0 Å². The van der Waals surface area contributed by atoms with Gasteiger partial charge in [-0.25, -0.2) is 8.42 Å². The van der Waals surface area contributed by atoms with E-state index < -0.39 is 16.1 Å². The first-order valence-corrected chi connectivity index (χ1v) is 10.7. The number of nitrogens with zero attached hydrogens (tertiary/aromatic N) is 2. The first kappa shape index (κ1) is 15.8. The summed E-state index contributed by atoms with van der Waals surface area (Å²) in [5, 5.41) is 0. The summed E-state index contributed by atoms with van der Waals surface area (Å²) in [6, 6.07) is 3.02. The zero-order valence-corrected chi connectivity index (χ0v) is 15.4. The van der Waals surface area contributed by atoms with Crippen molar-refractivity contribution >= 4 is 55.0 Å². The largest absolute Gasteiger partial charge is 0.341 e. The molecule has 1 aromatic rings. The zero-order chi connectivity index (χ0) is 15.2. The van der Waals surface area contributed by atoms with E-state index in [1.165, 1.54) is 27.4 Å². The molecule has 116 valence electrons. The fraction of sp³-hybridized carbons (Fsp3) is 0.583. The van der Waals surface area contributed by atoms with Crippen LogP contribution in [0.3, 0.4) is 0 Å². The molecule has 2 fully saturated rings. The maximum Gasteiger partial charge on any atom is 0.254 e. The molecule has 5 nitrogen and oxygen atoms in total. The van der Waals surface area contributed by atoms with E-state index >= 15 is 0 Å². The molecule has 2 heterocycles. The van der Waals surface area contributed by atoms with Crippen molar-refractivity contribution in [3.05, 3.63) is 15.9 Å². The van der Waals surface area contributed by atoms with Gasteiger partial charge in [0.05, 0.1) is 9.66 Å². The molecule has 1 aliphatic heterocycles. The van der Waals surface area contributed by atoms with Gasteiger partial charge in [-0.15, -0.1) is 23.1 Å². The molecule has 0 spiro atoms. The Bertz CT molecular complexity index is 656. The van der Waals surface area contributed by atoms with Gasteiger partial charge in [0.1, 0.15) is 10.3 Å². The number of thiophene rings is 1. The molecule has 9 heteroatoms. The van der Waals surface area contributed by atoms with Gasteiger partial charge in [-0.1, -0.05) is 0 Å². The second-order valence-corrected chi connectivity index (χ2v) is 10.7. The Hall–Kier alpha value is -0.0900. The summed E-state index contributed by atoms with van der Waals surface area (Å²) in [5.41, 5.74) is 0. The minimum absolute atomic E-state index is 0.0818. The average Bonchev–Trinajstić information content (AvgIpc) is 2.99. The maximum atomic E-state index is 12.7. The molecule has 1 saturated carbocycles. The summed E-state index contributed by atoms with van der Waals surface area (Å²) in [6.45, 7) is 0. The maximum absolute atomic E-state index is 12.7. The Morgan fingerprint density at radius 1 is 1.43 bits per heavy atom. The molecule has 0 unspecified atom stereocenters. The number of hydrogen-bond donors (Lipinski definition) is 0. The van der Waals surface area contributed by atoms with E-state index in [9.17, 15) is 13.2 Å². The fourth-order valence-corrected chi connectivity index (χ4v) is 7.56. The van der Waals surface area contributed by atoms with E-state index in [2.05, 4.69) is 15.9 Å². The van der Waals surface area contributed by atoms with Crippen molar-refractivity contribution in [3.63, 3.8) is 0 Å². The van der Waals surface area contributed by atoms with E-state index in [-0.39, 0.29) is 10.1 Å². The highest BCUT2D eigenvalue weighted by Gasteiger charge is 2.43. The van der Waals surface area contributed by atoms with Crippen molar-refractivity contribution in [1.29, 1.82) is 0 Å². The summed E-state index contributed by atoms with van der Waals surface area (Å²) < 4.78 is 27.8. The van der Waals surface area contributed by atoms with Crippen LogP contribution in [0.15, 0.2) is 20.1 Å². The number of carbonyl (C=O) groups is 1. The number of halogens is 1. The van der Waals surface area contributed by atoms with E-state index in [1.807, 2.05) is 0 Å². The minimum atomic E-state index is -3.60. The van der Waals surface area contributed by atoms with E-state index in [0.29, 0.717) is 17.7 Å². The lowest BCUT2D eigenvalue weighted by molar-refractivity contribution is -0.133. The number of carbonyl (C=O) groups excluding carboxylic acids is 1. The zero-order valence-electron chi connectivity index (χ0n) is 11.4. The van der Waals surface area contributed by atoms with Gasteiger partial charge >= 0.3 is 0 Å². The SMILES string of the molecule is CN(C(=O)[C@H]1CSCN1S(=O)(=O)c1ccc(Br)s1)C1CC1. The summed E-state index contributed by atoms with van der Waals surface area (Å²) >= 11 is 5.95. The van der Waals surface area contributed by atoms with E-state index in [0.717, 1.165) is 16.6 Å². The number of rotatable bonds is 4. The van der Waals surface area contributed by atoms with Crippen LogP contribution in [-0.2, 0) is 14.8 Å². The lowest BCUT2D eigenvalue weighted by Gasteiger charge is -2.26. The van der Waals surface area contributed by atoms with Crippen LogP contribution in [0, 0.1) is 0 Å². The van der Waals surface area contributed by atoms with Crippen molar-refractivity contribution in [2.45, 2.75) is 29.1 Å². The third-order valence-electron chi connectivity index (χ3n) is 3.68. The smallest absolute Gasteiger partial charge is 0.254 e. The van der Waals surface area contributed by atoms with Crippen LogP contribution >= 0.6 is 39.0 Å². The molecule has 1 atom stereocenters. The number of amides is 1. The quantitative estimate of drug-likeness (QED) is 0.762. The standard InChI is InChI=1S/C12H15BrN2O3S3/c1-14(8-2-3-8)12(16)9-6-19-7-15(9)21(17,18)11-5-4-10(13)20-11/h4-5,8-9H,2-3,6-7H2,1H3/t9-/m1/s1. The molecule has 1 aromatic heterocycles. The highest BCUT2D eigenvalue weighted by molar-refractivity contribution is 9.11. The molecule has 0 aromatic carbocycles. The van der Waals surface area contributed by atoms with Gasteiger partial charge in [0.25, 0.3) is 10.0 Å². The van der Waals surface area contributed by atoms with Crippen molar-refractivity contribution < 1.29 is 13.2 Å². The highest BCUT2D eigenvalue weighted by Crippen LogP contribution is 2.35. The van der Waals surface area contributed by atoms with Crippen molar-refractivity contribution in [3.8, 4) is 0 Å². The monoisotopic (exact) mass is 410 g/mol. The number of sulfonamides is 1. The lowest BCUT2D eigenvalue weighted by Crippen LogP contribution is -2.48. The molecule has 1 saturated heterocycles. The number of hydrogen-bond acceptors (Lipinski definition) is 5. The number of likely N-dealkylation sites (N-methyl/N-ethyl adjacent to an activating group) is 1. The van der Waals surface area contributed by atoms with Gasteiger partial charge in [-0.3, -0.25) is 4.79 Å². The van der Waals surface area contributed by atoms with Gasteiger partial charge in [0, 0.05) is 18.8 Å². The van der Waals surface area contributed by atoms with Crippen molar-refractivity contribution in [2.75, 3.05) is 18.7 Å². The van der Waals surface area contributed by atoms with Gasteiger partial charge in [-0.2, -0.15) is 4.31 Å². The Morgan fingerprint density at radius 2 is 2.14 bits per heavy atom. The van der Waals surface area contributed by atoms with Crippen LogP contribution in [0.25, 0.3) is 0 Å². The number of thioether (sulfide) groups is 1. The Balaban J connectivity index is 1.84. The third-order valence-corrected chi connectivity index (χ3v) is 8.80. The third kappa shape index (κ3) is 3.03. The molecule has 0 bridgehead atoms. The minimum Gasteiger partial charge on any atom is -0.341 e. The molecule has 3 rings (SSSR count). The molecule has 0 radical (unpaired) electrons. The van der Waals surface area contributed by atoms with Crippen molar-refractivity contribution in [2.24, 2.45) is 0 Å². The van der Waals surface area contributed by atoms with Gasteiger partial charge in [0.2, 0.25) is 5.91 Å². The van der Waals surface area contributed by atoms with Gasteiger partial charge in [0.15, 0.2) is 0 Å². The molecule has 0 N–H and O–H groups in total. The molecule has 2 aliphatic rings. The molecule has 1 amide bonds. The summed E-state index contributed by atoms with van der Waals surface area (Å²) in [5.74, 6) is 0.788. The Labute approximate surface area is 140 Å². The summed E-state index contributed by atoms with van der Waals surface area (Å²) in [4.78, 5) is 14.2. The van der Waals surface area contributed by atoms with Crippen LogP contribution in [0.4, 0.5) is 0 Å². The van der Waals surface area contributed by atoms with Gasteiger partial charge < -0.3 is 4.90 Å².